The summed E-state index contributed by atoms with van der Waals surface area (Å²) in [5.41, 5.74) is 3.06. The summed E-state index contributed by atoms with van der Waals surface area (Å²) in [7, 11) is 0. The van der Waals surface area contributed by atoms with E-state index in [0.29, 0.717) is 0 Å². The lowest BCUT2D eigenvalue weighted by Crippen LogP contribution is -2.14. The van der Waals surface area contributed by atoms with Crippen LogP contribution in [-0.2, 0) is 6.54 Å². The van der Waals surface area contributed by atoms with Gasteiger partial charge in [-0.2, -0.15) is 0 Å². The summed E-state index contributed by atoms with van der Waals surface area (Å²) < 4.78 is 0. The Morgan fingerprint density at radius 1 is 1.25 bits per heavy atom. The van der Waals surface area contributed by atoms with Gasteiger partial charge in [-0.05, 0) is 18.9 Å². The van der Waals surface area contributed by atoms with Crippen LogP contribution in [0.3, 0.4) is 0 Å². The van der Waals surface area contributed by atoms with E-state index in [-0.39, 0.29) is 0 Å². The van der Waals surface area contributed by atoms with Gasteiger partial charge in [-0.3, -0.25) is 0 Å². The number of nitrogens with one attached hydrogen (secondary N) is 1. The molecule has 1 aromatic rings. The number of thiazole rings is 1. The van der Waals surface area contributed by atoms with Crippen molar-refractivity contribution in [3.05, 3.63) is 16.6 Å². The molecule has 0 unspecified atom stereocenters. The van der Waals surface area contributed by atoms with Crippen molar-refractivity contribution < 1.29 is 0 Å². The maximum absolute atomic E-state index is 4.24. The van der Waals surface area contributed by atoms with Crippen LogP contribution in [0.25, 0.3) is 0 Å². The van der Waals surface area contributed by atoms with Crippen LogP contribution in [0, 0.1) is 5.92 Å². The molecule has 0 aromatic carbocycles. The SMILES string of the molecule is CC(C)CCCCCCNCc1cscn1. The van der Waals surface area contributed by atoms with E-state index in [0.717, 1.165) is 19.0 Å². The zero-order chi connectivity index (χ0) is 11.6. The minimum Gasteiger partial charge on any atom is -0.311 e. The lowest BCUT2D eigenvalue weighted by atomic mass is 10.0. The van der Waals surface area contributed by atoms with Crippen LogP contribution in [0.4, 0.5) is 0 Å². The van der Waals surface area contributed by atoms with Crippen molar-refractivity contribution in [1.82, 2.24) is 10.3 Å². The maximum Gasteiger partial charge on any atom is 0.0795 e. The van der Waals surface area contributed by atoms with Crippen LogP contribution in [-0.4, -0.2) is 11.5 Å². The molecule has 0 fully saturated rings. The average molecular weight is 240 g/mol. The van der Waals surface area contributed by atoms with Gasteiger partial charge in [0.05, 0.1) is 11.2 Å². The fraction of sp³-hybridized carbons (Fsp3) is 0.769. The van der Waals surface area contributed by atoms with E-state index < -0.39 is 0 Å². The summed E-state index contributed by atoms with van der Waals surface area (Å²) >= 11 is 1.67. The van der Waals surface area contributed by atoms with Crippen molar-refractivity contribution in [2.45, 2.75) is 52.5 Å². The Hall–Kier alpha value is -0.410. The highest BCUT2D eigenvalue weighted by Crippen LogP contribution is 2.09. The van der Waals surface area contributed by atoms with Gasteiger partial charge in [-0.25, -0.2) is 4.98 Å². The number of unbranched alkanes of at least 4 members (excludes halogenated alkanes) is 3. The van der Waals surface area contributed by atoms with Gasteiger partial charge < -0.3 is 5.32 Å². The molecule has 1 aromatic heterocycles. The molecule has 3 heteroatoms. The highest BCUT2D eigenvalue weighted by Gasteiger charge is 1.95. The molecule has 2 nitrogen and oxygen atoms in total. The molecule has 0 radical (unpaired) electrons. The molecule has 0 aliphatic rings. The molecule has 0 saturated heterocycles. The number of aromatic nitrogens is 1. The zero-order valence-electron chi connectivity index (χ0n) is 10.5. The Kier molecular flexibility index (Phi) is 7.43. The molecule has 0 atom stereocenters. The minimum atomic E-state index is 0.864. The number of nitrogens with zero attached hydrogens (tertiary/aromatic N) is 1. The lowest BCUT2D eigenvalue weighted by molar-refractivity contribution is 0.512. The smallest absolute Gasteiger partial charge is 0.0795 e. The highest BCUT2D eigenvalue weighted by molar-refractivity contribution is 7.07. The van der Waals surface area contributed by atoms with Crippen molar-refractivity contribution in [3.8, 4) is 0 Å². The zero-order valence-corrected chi connectivity index (χ0v) is 11.4. The van der Waals surface area contributed by atoms with E-state index in [9.17, 15) is 0 Å². The Labute approximate surface area is 103 Å². The number of hydrogen-bond acceptors (Lipinski definition) is 3. The highest BCUT2D eigenvalue weighted by atomic mass is 32.1. The molecule has 92 valence electrons. The lowest BCUT2D eigenvalue weighted by Gasteiger charge is -2.05. The first-order valence-electron chi connectivity index (χ1n) is 6.37. The molecule has 0 aliphatic carbocycles. The first-order chi connectivity index (χ1) is 7.79. The first kappa shape index (κ1) is 13.7. The topological polar surface area (TPSA) is 24.9 Å². The Morgan fingerprint density at radius 3 is 2.75 bits per heavy atom. The van der Waals surface area contributed by atoms with Gasteiger partial charge in [0, 0.05) is 11.9 Å². The fourth-order valence-corrected chi connectivity index (χ4v) is 2.26. The molecule has 0 amide bonds. The summed E-state index contributed by atoms with van der Waals surface area (Å²) in [4.78, 5) is 4.24. The molecular formula is C13H24N2S. The van der Waals surface area contributed by atoms with E-state index in [1.165, 1.54) is 37.8 Å². The molecule has 16 heavy (non-hydrogen) atoms. The molecule has 0 bridgehead atoms. The second-order valence-electron chi connectivity index (χ2n) is 4.75. The first-order valence-corrected chi connectivity index (χ1v) is 7.31. The fourth-order valence-electron chi connectivity index (χ4n) is 1.70. The Bertz CT molecular complexity index is 244. The van der Waals surface area contributed by atoms with Crippen molar-refractivity contribution in [2.24, 2.45) is 5.92 Å². The molecule has 1 N–H and O–H groups in total. The van der Waals surface area contributed by atoms with Gasteiger partial charge in [-0.15, -0.1) is 11.3 Å². The third kappa shape index (κ3) is 6.96. The summed E-state index contributed by atoms with van der Waals surface area (Å²) in [5, 5.41) is 5.54. The quantitative estimate of drug-likeness (QED) is 0.663. The Morgan fingerprint density at radius 2 is 2.06 bits per heavy atom. The van der Waals surface area contributed by atoms with Gasteiger partial charge >= 0.3 is 0 Å². The monoisotopic (exact) mass is 240 g/mol. The van der Waals surface area contributed by atoms with Crippen LogP contribution in [0.2, 0.25) is 0 Å². The van der Waals surface area contributed by atoms with Gasteiger partial charge in [0.2, 0.25) is 0 Å². The van der Waals surface area contributed by atoms with Gasteiger partial charge in [0.25, 0.3) is 0 Å². The minimum absolute atomic E-state index is 0.864. The van der Waals surface area contributed by atoms with E-state index >= 15 is 0 Å². The summed E-state index contributed by atoms with van der Waals surface area (Å²) in [6, 6.07) is 0. The summed E-state index contributed by atoms with van der Waals surface area (Å²) in [6.07, 6.45) is 6.81. The molecular weight excluding hydrogens is 216 g/mol. The van der Waals surface area contributed by atoms with Crippen molar-refractivity contribution in [2.75, 3.05) is 6.54 Å². The number of rotatable bonds is 9. The van der Waals surface area contributed by atoms with E-state index in [1.54, 1.807) is 11.3 Å². The maximum atomic E-state index is 4.24. The second kappa shape index (κ2) is 8.71. The van der Waals surface area contributed by atoms with Crippen molar-refractivity contribution in [3.63, 3.8) is 0 Å². The average Bonchev–Trinajstić information content (AvgIpc) is 2.74. The molecule has 0 spiro atoms. The number of hydrogen-bond donors (Lipinski definition) is 1. The van der Waals surface area contributed by atoms with Crippen LogP contribution < -0.4 is 5.32 Å². The summed E-state index contributed by atoms with van der Waals surface area (Å²) in [5.74, 6) is 0.864. The summed E-state index contributed by atoms with van der Waals surface area (Å²) in [6.45, 7) is 6.65. The largest absolute Gasteiger partial charge is 0.311 e. The third-order valence-electron chi connectivity index (χ3n) is 2.67. The van der Waals surface area contributed by atoms with Gasteiger partial charge in [-0.1, -0.05) is 39.5 Å². The van der Waals surface area contributed by atoms with Crippen LogP contribution in [0.1, 0.15) is 51.6 Å². The van der Waals surface area contributed by atoms with Crippen molar-refractivity contribution in [1.29, 1.82) is 0 Å². The second-order valence-corrected chi connectivity index (χ2v) is 5.47. The van der Waals surface area contributed by atoms with Gasteiger partial charge in [0.1, 0.15) is 0 Å². The predicted molar refractivity (Wildman–Crippen MR) is 71.7 cm³/mol. The van der Waals surface area contributed by atoms with Crippen LogP contribution in [0.15, 0.2) is 10.9 Å². The van der Waals surface area contributed by atoms with Crippen molar-refractivity contribution >= 4 is 11.3 Å². The van der Waals surface area contributed by atoms with Gasteiger partial charge in [0.15, 0.2) is 0 Å². The van der Waals surface area contributed by atoms with Crippen LogP contribution >= 0.6 is 11.3 Å². The Balaban J connectivity index is 1.82. The van der Waals surface area contributed by atoms with E-state index in [4.69, 9.17) is 0 Å². The normalized spacial score (nSPS) is 11.2. The predicted octanol–water partition coefficient (Wildman–Crippen LogP) is 3.84. The van der Waals surface area contributed by atoms with E-state index in [2.05, 4.69) is 29.5 Å². The standard InChI is InChI=1S/C13H24N2S/c1-12(2)7-5-3-4-6-8-14-9-13-10-16-11-15-13/h10-12,14H,3-9H2,1-2H3. The van der Waals surface area contributed by atoms with E-state index in [1.807, 2.05) is 5.51 Å². The molecule has 0 saturated carbocycles. The molecule has 1 heterocycles. The van der Waals surface area contributed by atoms with Crippen LogP contribution in [0.5, 0.6) is 0 Å². The third-order valence-corrected chi connectivity index (χ3v) is 3.31. The molecule has 1 rings (SSSR count). The molecule has 0 aliphatic heterocycles.